The van der Waals surface area contributed by atoms with Crippen molar-refractivity contribution in [2.24, 2.45) is 9.98 Å². The summed E-state index contributed by atoms with van der Waals surface area (Å²) in [5.74, 6) is 0. The molecule has 2 nitrogen and oxygen atoms in total. The molecule has 0 saturated heterocycles. The number of unbranched alkanes of at least 4 members (excludes halogenated alkanes) is 12. The summed E-state index contributed by atoms with van der Waals surface area (Å²) in [6.07, 6.45) is 29.3. The highest BCUT2D eigenvalue weighted by Crippen LogP contribution is 2.26. The van der Waals surface area contributed by atoms with Gasteiger partial charge in [0.05, 0.1) is 22.8 Å². The van der Waals surface area contributed by atoms with Gasteiger partial charge >= 0.3 is 0 Å². The van der Waals surface area contributed by atoms with E-state index in [-0.39, 0.29) is 0 Å². The first-order valence-electron chi connectivity index (χ1n) is 20.0. The number of benzene rings is 2. The normalized spacial score (nSPS) is 12.3. The van der Waals surface area contributed by atoms with Crippen LogP contribution in [0.3, 0.4) is 0 Å². The number of nitrogens with zero attached hydrogens (tertiary/aromatic N) is 2. The largest absolute Gasteiger partial charge is 0.252 e. The summed E-state index contributed by atoms with van der Waals surface area (Å²) in [6, 6.07) is 14.5. The quantitative estimate of drug-likeness (QED) is 0.0694. The zero-order chi connectivity index (χ0) is 33.2. The molecule has 258 valence electrons. The first kappa shape index (κ1) is 40.0. The molecule has 0 heterocycles. The molecule has 2 rings (SSSR count). The van der Waals surface area contributed by atoms with Gasteiger partial charge in [-0.2, -0.15) is 0 Å². The molecule has 2 aromatic carbocycles. The standard InChI is InChI=1S/C44H72N2/c1-7-13-19-25-37-31-38(26-20-14-8-2)34-41(33-37)45-43(29-23-17-11-5)44(30-24-18-12-6)46-42-35-39(27-21-15-9-3)32-40(36-42)28-22-16-10-4/h31-36H,7-30H2,1-6H3. The van der Waals surface area contributed by atoms with Crippen molar-refractivity contribution in [2.45, 2.75) is 196 Å². The van der Waals surface area contributed by atoms with Gasteiger partial charge in [-0.3, -0.25) is 9.98 Å². The number of aryl methyl sites for hydroxylation is 4. The van der Waals surface area contributed by atoms with Crippen molar-refractivity contribution in [3.63, 3.8) is 0 Å². The van der Waals surface area contributed by atoms with E-state index in [4.69, 9.17) is 9.98 Å². The van der Waals surface area contributed by atoms with Crippen LogP contribution in [0.4, 0.5) is 11.4 Å². The molecule has 0 bridgehead atoms. The Morgan fingerprint density at radius 3 is 0.870 bits per heavy atom. The van der Waals surface area contributed by atoms with Gasteiger partial charge in [0, 0.05) is 0 Å². The van der Waals surface area contributed by atoms with Gasteiger partial charge in [0.25, 0.3) is 0 Å². The Balaban J connectivity index is 2.61. The first-order valence-corrected chi connectivity index (χ1v) is 20.0. The Kier molecular flexibility index (Phi) is 22.4. The first-order chi connectivity index (χ1) is 22.6. The molecular weight excluding hydrogens is 556 g/mol. The van der Waals surface area contributed by atoms with Crippen molar-refractivity contribution in [3.8, 4) is 0 Å². The Morgan fingerprint density at radius 1 is 0.348 bits per heavy atom. The molecule has 0 saturated carbocycles. The molecule has 2 aromatic rings. The van der Waals surface area contributed by atoms with Crippen molar-refractivity contribution in [1.82, 2.24) is 0 Å². The third kappa shape index (κ3) is 17.1. The molecule has 0 aliphatic carbocycles. The van der Waals surface area contributed by atoms with E-state index < -0.39 is 0 Å². The zero-order valence-corrected chi connectivity index (χ0v) is 31.3. The maximum Gasteiger partial charge on any atom is 0.0639 e. The van der Waals surface area contributed by atoms with Crippen LogP contribution >= 0.6 is 0 Å². The highest BCUT2D eigenvalue weighted by Gasteiger charge is 2.13. The minimum Gasteiger partial charge on any atom is -0.252 e. The second-order valence-corrected chi connectivity index (χ2v) is 13.9. The van der Waals surface area contributed by atoms with Crippen LogP contribution in [-0.4, -0.2) is 11.4 Å². The van der Waals surface area contributed by atoms with Crippen LogP contribution in [0.25, 0.3) is 0 Å². The van der Waals surface area contributed by atoms with E-state index >= 15 is 0 Å². The van der Waals surface area contributed by atoms with Gasteiger partial charge in [0.2, 0.25) is 0 Å². The minimum atomic E-state index is 1.02. The van der Waals surface area contributed by atoms with Gasteiger partial charge in [-0.05, 0) is 124 Å². The zero-order valence-electron chi connectivity index (χ0n) is 31.3. The fraction of sp³-hybridized carbons (Fsp3) is 0.682. The van der Waals surface area contributed by atoms with Crippen LogP contribution in [-0.2, 0) is 25.7 Å². The van der Waals surface area contributed by atoms with E-state index in [9.17, 15) is 0 Å². The average Bonchev–Trinajstić information content (AvgIpc) is 3.04. The van der Waals surface area contributed by atoms with Crippen LogP contribution in [0.2, 0.25) is 0 Å². The summed E-state index contributed by atoms with van der Waals surface area (Å²) < 4.78 is 0. The number of rotatable bonds is 27. The van der Waals surface area contributed by atoms with Crippen LogP contribution in [0.15, 0.2) is 46.4 Å². The lowest BCUT2D eigenvalue weighted by Gasteiger charge is -2.14. The third-order valence-corrected chi connectivity index (χ3v) is 9.25. The predicted octanol–water partition coefficient (Wildman–Crippen LogP) is 14.6. The molecule has 0 unspecified atom stereocenters. The average molecular weight is 629 g/mol. The van der Waals surface area contributed by atoms with E-state index in [1.54, 1.807) is 0 Å². The molecule has 0 spiro atoms. The summed E-state index contributed by atoms with van der Waals surface area (Å²) in [7, 11) is 0. The van der Waals surface area contributed by atoms with Crippen LogP contribution in [0.5, 0.6) is 0 Å². The summed E-state index contributed by atoms with van der Waals surface area (Å²) >= 11 is 0. The Labute approximate surface area is 286 Å². The van der Waals surface area contributed by atoms with Crippen molar-refractivity contribution in [3.05, 3.63) is 58.7 Å². The summed E-state index contributed by atoms with van der Waals surface area (Å²) in [5.41, 5.74) is 10.7. The topological polar surface area (TPSA) is 24.7 Å². The second kappa shape index (κ2) is 25.8. The van der Waals surface area contributed by atoms with Gasteiger partial charge in [0.1, 0.15) is 0 Å². The van der Waals surface area contributed by atoms with E-state index in [2.05, 4.69) is 77.9 Å². The summed E-state index contributed by atoms with van der Waals surface area (Å²) in [5, 5.41) is 0. The monoisotopic (exact) mass is 629 g/mol. The summed E-state index contributed by atoms with van der Waals surface area (Å²) in [6.45, 7) is 13.8. The lowest BCUT2D eigenvalue weighted by atomic mass is 9.98. The van der Waals surface area contributed by atoms with Gasteiger partial charge in [-0.25, -0.2) is 0 Å². The number of aliphatic imine (C=N–C) groups is 2. The van der Waals surface area contributed by atoms with E-state index in [0.717, 1.165) is 49.9 Å². The van der Waals surface area contributed by atoms with Crippen LogP contribution in [0.1, 0.15) is 192 Å². The molecule has 0 aliphatic rings. The van der Waals surface area contributed by atoms with Crippen molar-refractivity contribution in [1.29, 1.82) is 0 Å². The minimum absolute atomic E-state index is 1.02. The Hall–Kier alpha value is -2.22. The smallest absolute Gasteiger partial charge is 0.0639 e. The Morgan fingerprint density at radius 2 is 0.609 bits per heavy atom. The third-order valence-electron chi connectivity index (χ3n) is 9.25. The van der Waals surface area contributed by atoms with Crippen molar-refractivity contribution in [2.75, 3.05) is 0 Å². The van der Waals surface area contributed by atoms with E-state index in [0.29, 0.717) is 0 Å². The molecule has 0 amide bonds. The van der Waals surface area contributed by atoms with E-state index in [1.807, 2.05) is 0 Å². The van der Waals surface area contributed by atoms with Crippen LogP contribution < -0.4 is 0 Å². The lowest BCUT2D eigenvalue weighted by Crippen LogP contribution is -2.14. The molecule has 2 heteroatoms. The van der Waals surface area contributed by atoms with Gasteiger partial charge in [-0.1, -0.05) is 131 Å². The summed E-state index contributed by atoms with van der Waals surface area (Å²) in [4.78, 5) is 11.1. The van der Waals surface area contributed by atoms with E-state index in [1.165, 1.54) is 149 Å². The van der Waals surface area contributed by atoms with Gasteiger partial charge in [0.15, 0.2) is 0 Å². The van der Waals surface area contributed by atoms with Gasteiger partial charge < -0.3 is 0 Å². The molecule has 0 aliphatic heterocycles. The Bertz CT molecular complexity index is 979. The number of hydrogen-bond donors (Lipinski definition) is 0. The second-order valence-electron chi connectivity index (χ2n) is 13.9. The maximum absolute atomic E-state index is 5.54. The SMILES string of the molecule is CCCCCC(=Nc1cc(CCCCC)cc(CCCCC)c1)C(CCCCC)=Nc1cc(CCCCC)cc(CCCCC)c1. The highest BCUT2D eigenvalue weighted by atomic mass is 14.8. The maximum atomic E-state index is 5.54. The molecule has 46 heavy (non-hydrogen) atoms. The molecule has 0 N–H and O–H groups in total. The molecular formula is C44H72N2. The molecule has 0 aromatic heterocycles. The molecule has 0 radical (unpaired) electrons. The van der Waals surface area contributed by atoms with Crippen molar-refractivity contribution < 1.29 is 0 Å². The molecule has 0 atom stereocenters. The number of hydrogen-bond acceptors (Lipinski definition) is 2. The lowest BCUT2D eigenvalue weighted by molar-refractivity contribution is 0.708. The molecule has 0 fully saturated rings. The van der Waals surface area contributed by atoms with Gasteiger partial charge in [-0.15, -0.1) is 0 Å². The van der Waals surface area contributed by atoms with Crippen LogP contribution in [0, 0.1) is 0 Å². The fourth-order valence-corrected chi connectivity index (χ4v) is 6.44. The predicted molar refractivity (Wildman–Crippen MR) is 208 cm³/mol. The highest BCUT2D eigenvalue weighted by molar-refractivity contribution is 6.43. The fourth-order valence-electron chi connectivity index (χ4n) is 6.44. The van der Waals surface area contributed by atoms with Crippen molar-refractivity contribution >= 4 is 22.8 Å².